The molecule has 30 heavy (non-hydrogen) atoms. The van der Waals surface area contributed by atoms with Gasteiger partial charge in [0.2, 0.25) is 0 Å². The minimum atomic E-state index is -0.233. The molecule has 2 amide bonds. The van der Waals surface area contributed by atoms with Crippen molar-refractivity contribution in [2.45, 2.75) is 13.5 Å². The van der Waals surface area contributed by atoms with Crippen molar-refractivity contribution >= 4 is 46.4 Å². The standard InChI is InChI=1S/C21H19Cl2N3O3S/c1-13-19(30-18(26-13)12-29-17-8-6-16(23)7-9-17)21(28)25-11-10-24-20(27)14-2-4-15(22)5-3-14/h2-9H,10-12H2,1H3,(H,24,27)(H,25,28). The third kappa shape index (κ3) is 6.19. The molecule has 3 aromatic rings. The number of hydrogen-bond acceptors (Lipinski definition) is 5. The fourth-order valence-electron chi connectivity index (χ4n) is 2.54. The van der Waals surface area contributed by atoms with Gasteiger partial charge in [-0.25, -0.2) is 4.98 Å². The van der Waals surface area contributed by atoms with Crippen molar-refractivity contribution in [2.24, 2.45) is 0 Å². The van der Waals surface area contributed by atoms with Crippen LogP contribution in [-0.2, 0) is 6.61 Å². The van der Waals surface area contributed by atoms with Gasteiger partial charge in [0.1, 0.15) is 22.2 Å². The molecule has 0 atom stereocenters. The first-order chi connectivity index (χ1) is 14.4. The Labute approximate surface area is 188 Å². The lowest BCUT2D eigenvalue weighted by Crippen LogP contribution is -2.34. The summed E-state index contributed by atoms with van der Waals surface area (Å²) in [7, 11) is 0. The fourth-order valence-corrected chi connectivity index (χ4v) is 3.68. The summed E-state index contributed by atoms with van der Waals surface area (Å²) in [6.07, 6.45) is 0. The van der Waals surface area contributed by atoms with Crippen LogP contribution < -0.4 is 15.4 Å². The molecule has 1 aromatic heterocycles. The van der Waals surface area contributed by atoms with E-state index >= 15 is 0 Å². The van der Waals surface area contributed by atoms with E-state index in [1.54, 1.807) is 55.5 Å². The van der Waals surface area contributed by atoms with Crippen LogP contribution in [0.4, 0.5) is 0 Å². The Hall–Kier alpha value is -2.61. The molecule has 0 aliphatic rings. The summed E-state index contributed by atoms with van der Waals surface area (Å²) in [6.45, 7) is 2.64. The highest BCUT2D eigenvalue weighted by Gasteiger charge is 2.15. The monoisotopic (exact) mass is 463 g/mol. The Kier molecular flexibility index (Phi) is 7.68. The number of aromatic nitrogens is 1. The highest BCUT2D eigenvalue weighted by atomic mass is 35.5. The van der Waals surface area contributed by atoms with Crippen molar-refractivity contribution in [2.75, 3.05) is 13.1 Å². The van der Waals surface area contributed by atoms with Crippen molar-refractivity contribution in [3.05, 3.63) is 79.7 Å². The Balaban J connectivity index is 1.45. The van der Waals surface area contributed by atoms with Crippen molar-refractivity contribution in [1.29, 1.82) is 0 Å². The van der Waals surface area contributed by atoms with Crippen LogP contribution in [0, 0.1) is 6.92 Å². The first kappa shape index (κ1) is 22.1. The van der Waals surface area contributed by atoms with Crippen LogP contribution in [0.25, 0.3) is 0 Å². The zero-order valence-corrected chi connectivity index (χ0v) is 18.4. The number of halogens is 2. The van der Waals surface area contributed by atoms with E-state index in [1.807, 2.05) is 0 Å². The Morgan fingerprint density at radius 3 is 2.13 bits per heavy atom. The first-order valence-corrected chi connectivity index (χ1v) is 10.7. The Morgan fingerprint density at radius 1 is 0.933 bits per heavy atom. The third-order valence-corrected chi connectivity index (χ3v) is 5.66. The predicted molar refractivity (Wildman–Crippen MR) is 119 cm³/mol. The molecular formula is C21H19Cl2N3O3S. The van der Waals surface area contributed by atoms with Gasteiger partial charge >= 0.3 is 0 Å². The minimum Gasteiger partial charge on any atom is -0.486 e. The van der Waals surface area contributed by atoms with Gasteiger partial charge in [0.15, 0.2) is 0 Å². The van der Waals surface area contributed by atoms with E-state index in [0.717, 1.165) is 0 Å². The summed E-state index contributed by atoms with van der Waals surface area (Å²) in [5, 5.41) is 7.44. The molecule has 0 saturated heterocycles. The van der Waals surface area contributed by atoms with Gasteiger partial charge in [-0.3, -0.25) is 9.59 Å². The lowest BCUT2D eigenvalue weighted by atomic mass is 10.2. The predicted octanol–water partition coefficient (Wildman–Crippen LogP) is 4.50. The quantitative estimate of drug-likeness (QED) is 0.482. The zero-order valence-electron chi connectivity index (χ0n) is 16.1. The number of nitrogens with one attached hydrogen (secondary N) is 2. The molecule has 0 aliphatic heterocycles. The number of ether oxygens (including phenoxy) is 1. The molecule has 0 spiro atoms. The molecule has 1 heterocycles. The molecule has 3 rings (SSSR count). The number of amides is 2. The molecule has 9 heteroatoms. The van der Waals surface area contributed by atoms with Crippen LogP contribution >= 0.6 is 34.5 Å². The zero-order chi connectivity index (χ0) is 21.5. The molecule has 0 radical (unpaired) electrons. The maximum Gasteiger partial charge on any atom is 0.263 e. The molecule has 2 aromatic carbocycles. The van der Waals surface area contributed by atoms with E-state index in [2.05, 4.69) is 15.6 Å². The fraction of sp³-hybridized carbons (Fsp3) is 0.190. The molecule has 0 fully saturated rings. The Morgan fingerprint density at radius 2 is 1.50 bits per heavy atom. The van der Waals surface area contributed by atoms with Crippen LogP contribution in [0.5, 0.6) is 5.75 Å². The van der Waals surface area contributed by atoms with Crippen molar-refractivity contribution < 1.29 is 14.3 Å². The highest BCUT2D eigenvalue weighted by Crippen LogP contribution is 2.21. The third-order valence-electron chi connectivity index (χ3n) is 4.03. The van der Waals surface area contributed by atoms with Crippen LogP contribution in [0.15, 0.2) is 48.5 Å². The minimum absolute atomic E-state index is 0.225. The van der Waals surface area contributed by atoms with Crippen molar-refractivity contribution in [3.63, 3.8) is 0 Å². The van der Waals surface area contributed by atoms with Crippen LogP contribution in [0.3, 0.4) is 0 Å². The van der Waals surface area contributed by atoms with Gasteiger partial charge in [0.25, 0.3) is 11.8 Å². The number of benzene rings is 2. The molecule has 6 nitrogen and oxygen atoms in total. The second-order valence-electron chi connectivity index (χ2n) is 6.28. The van der Waals surface area contributed by atoms with E-state index in [-0.39, 0.29) is 18.4 Å². The summed E-state index contributed by atoms with van der Waals surface area (Å²) < 4.78 is 5.67. The highest BCUT2D eigenvalue weighted by molar-refractivity contribution is 7.13. The average molecular weight is 464 g/mol. The average Bonchev–Trinajstić information content (AvgIpc) is 3.11. The molecule has 0 bridgehead atoms. The summed E-state index contributed by atoms with van der Waals surface area (Å²) in [6, 6.07) is 13.6. The van der Waals surface area contributed by atoms with E-state index < -0.39 is 0 Å². The second-order valence-corrected chi connectivity index (χ2v) is 8.24. The number of thiazole rings is 1. The number of nitrogens with zero attached hydrogens (tertiary/aromatic N) is 1. The van der Waals surface area contributed by atoms with Crippen LogP contribution in [0.1, 0.15) is 30.7 Å². The SMILES string of the molecule is Cc1nc(COc2ccc(Cl)cc2)sc1C(=O)NCCNC(=O)c1ccc(Cl)cc1. The maximum absolute atomic E-state index is 12.4. The number of carbonyl (C=O) groups excluding carboxylic acids is 2. The normalized spacial score (nSPS) is 10.5. The number of carbonyl (C=O) groups is 2. The summed E-state index contributed by atoms with van der Waals surface area (Å²) in [4.78, 5) is 29.4. The second kappa shape index (κ2) is 10.4. The molecule has 0 unspecified atom stereocenters. The van der Waals surface area contributed by atoms with Gasteiger partial charge in [-0.1, -0.05) is 23.2 Å². The molecule has 156 valence electrons. The topological polar surface area (TPSA) is 80.3 Å². The lowest BCUT2D eigenvalue weighted by Gasteiger charge is -2.07. The van der Waals surface area contributed by atoms with Crippen molar-refractivity contribution in [1.82, 2.24) is 15.6 Å². The molecular weight excluding hydrogens is 445 g/mol. The first-order valence-electron chi connectivity index (χ1n) is 9.09. The number of aryl methyl sites for hydroxylation is 1. The molecule has 0 saturated carbocycles. The van der Waals surface area contributed by atoms with E-state index in [9.17, 15) is 9.59 Å². The van der Waals surface area contributed by atoms with Crippen LogP contribution in [-0.4, -0.2) is 29.9 Å². The van der Waals surface area contributed by atoms with Gasteiger partial charge in [0.05, 0.1) is 5.69 Å². The van der Waals surface area contributed by atoms with E-state index in [0.29, 0.717) is 50.0 Å². The number of hydrogen-bond donors (Lipinski definition) is 2. The summed E-state index contributed by atoms with van der Waals surface area (Å²) in [5.74, 6) is 0.217. The van der Waals surface area contributed by atoms with Gasteiger partial charge < -0.3 is 15.4 Å². The lowest BCUT2D eigenvalue weighted by molar-refractivity contribution is 0.0929. The molecule has 2 N–H and O–H groups in total. The summed E-state index contributed by atoms with van der Waals surface area (Å²) >= 11 is 12.9. The smallest absolute Gasteiger partial charge is 0.263 e. The van der Waals surface area contributed by atoms with Gasteiger partial charge in [-0.05, 0) is 55.5 Å². The largest absolute Gasteiger partial charge is 0.486 e. The van der Waals surface area contributed by atoms with Gasteiger partial charge in [-0.15, -0.1) is 11.3 Å². The molecule has 0 aliphatic carbocycles. The van der Waals surface area contributed by atoms with Crippen molar-refractivity contribution in [3.8, 4) is 5.75 Å². The maximum atomic E-state index is 12.4. The van der Waals surface area contributed by atoms with E-state index in [1.165, 1.54) is 11.3 Å². The summed E-state index contributed by atoms with van der Waals surface area (Å²) in [5.41, 5.74) is 1.15. The van der Waals surface area contributed by atoms with Gasteiger partial charge in [-0.2, -0.15) is 0 Å². The Bertz CT molecular complexity index is 1020. The van der Waals surface area contributed by atoms with E-state index in [4.69, 9.17) is 27.9 Å². The number of rotatable bonds is 8. The van der Waals surface area contributed by atoms with Gasteiger partial charge in [0, 0.05) is 28.7 Å². The van der Waals surface area contributed by atoms with Crippen LogP contribution in [0.2, 0.25) is 10.0 Å².